The summed E-state index contributed by atoms with van der Waals surface area (Å²) in [5.41, 5.74) is 9.48. The van der Waals surface area contributed by atoms with Gasteiger partial charge >= 0.3 is 0 Å². The van der Waals surface area contributed by atoms with Crippen molar-refractivity contribution in [3.05, 3.63) is 47.7 Å². The summed E-state index contributed by atoms with van der Waals surface area (Å²) >= 11 is 0. The van der Waals surface area contributed by atoms with Gasteiger partial charge in [0.1, 0.15) is 5.82 Å². The van der Waals surface area contributed by atoms with Crippen molar-refractivity contribution >= 4 is 11.7 Å². The van der Waals surface area contributed by atoms with Crippen LogP contribution in [0.15, 0.2) is 30.5 Å². The average Bonchev–Trinajstić information content (AvgIpc) is 2.39. The maximum Gasteiger partial charge on any atom is 0.251 e. The fourth-order valence-corrected chi connectivity index (χ4v) is 2.20. The fourth-order valence-electron chi connectivity index (χ4n) is 2.20. The zero-order valence-corrected chi connectivity index (χ0v) is 9.73. The Hall–Kier alpha value is -2.36. The fraction of sp³-hybridized carbons (Fsp3) is 0.143. The Bertz CT molecular complexity index is 622. The summed E-state index contributed by atoms with van der Waals surface area (Å²) in [4.78, 5) is 15.7. The molecule has 0 fully saturated rings. The Morgan fingerprint density at radius 1 is 1.33 bits per heavy atom. The number of aromatic nitrogens is 1. The molecule has 1 aromatic carbocycles. The highest BCUT2D eigenvalue weighted by Gasteiger charge is 2.17. The minimum atomic E-state index is -0.00600. The topological polar surface area (TPSA) is 68.0 Å². The molecule has 0 unspecified atom stereocenters. The van der Waals surface area contributed by atoms with Crippen LogP contribution < -0.4 is 11.1 Å². The molecule has 89 valence electrons. The van der Waals surface area contributed by atoms with Crippen LogP contribution in [0, 0.1) is 6.07 Å². The highest BCUT2D eigenvalue weighted by atomic mass is 16.1. The quantitative estimate of drug-likeness (QED) is 0.789. The molecule has 1 aliphatic heterocycles. The van der Waals surface area contributed by atoms with E-state index in [4.69, 9.17) is 5.73 Å². The number of rotatable bonds is 1. The van der Waals surface area contributed by atoms with Gasteiger partial charge in [0, 0.05) is 29.9 Å². The van der Waals surface area contributed by atoms with Crippen molar-refractivity contribution in [3.63, 3.8) is 0 Å². The number of carbonyl (C=O) groups is 1. The number of carbonyl (C=O) groups excluding carboxylic acids is 1. The molecule has 0 saturated heterocycles. The van der Waals surface area contributed by atoms with Gasteiger partial charge in [0.15, 0.2) is 0 Å². The molecule has 3 rings (SSSR count). The SMILES string of the molecule is Nc1nc[c]cc1-c1ccc2c(c1)CCNC2=O. The molecular formula is C14H12N3O. The van der Waals surface area contributed by atoms with Gasteiger partial charge < -0.3 is 11.1 Å². The zero-order valence-electron chi connectivity index (χ0n) is 9.73. The van der Waals surface area contributed by atoms with Crippen LogP contribution in [0.4, 0.5) is 5.82 Å². The second kappa shape index (κ2) is 4.14. The Morgan fingerprint density at radius 3 is 3.06 bits per heavy atom. The summed E-state index contributed by atoms with van der Waals surface area (Å²) in [6.45, 7) is 0.684. The predicted octanol–water partition coefficient (Wildman–Crippen LogP) is 1.42. The number of anilines is 1. The molecule has 0 spiro atoms. The molecular weight excluding hydrogens is 226 g/mol. The molecule has 0 aliphatic carbocycles. The number of nitrogens with two attached hydrogens (primary N) is 1. The second-order valence-corrected chi connectivity index (χ2v) is 4.25. The van der Waals surface area contributed by atoms with Gasteiger partial charge in [-0.15, -0.1) is 0 Å². The smallest absolute Gasteiger partial charge is 0.251 e. The molecule has 18 heavy (non-hydrogen) atoms. The number of benzene rings is 1. The van der Waals surface area contributed by atoms with Gasteiger partial charge in [-0.05, 0) is 29.7 Å². The highest BCUT2D eigenvalue weighted by Crippen LogP contribution is 2.27. The molecule has 3 N–H and O–H groups in total. The van der Waals surface area contributed by atoms with Crippen LogP contribution in [-0.2, 0) is 6.42 Å². The summed E-state index contributed by atoms with van der Waals surface area (Å²) < 4.78 is 0. The molecule has 1 aliphatic rings. The lowest BCUT2D eigenvalue weighted by atomic mass is 9.95. The minimum absolute atomic E-state index is 0.00600. The second-order valence-electron chi connectivity index (χ2n) is 4.25. The van der Waals surface area contributed by atoms with Gasteiger partial charge in [-0.1, -0.05) is 12.1 Å². The van der Waals surface area contributed by atoms with E-state index in [2.05, 4.69) is 16.4 Å². The Balaban J connectivity index is 2.10. The molecule has 4 nitrogen and oxygen atoms in total. The van der Waals surface area contributed by atoms with Crippen molar-refractivity contribution in [2.75, 3.05) is 12.3 Å². The maximum atomic E-state index is 11.6. The van der Waals surface area contributed by atoms with Crippen LogP contribution in [0.5, 0.6) is 0 Å². The zero-order chi connectivity index (χ0) is 12.5. The van der Waals surface area contributed by atoms with Crippen LogP contribution in [-0.4, -0.2) is 17.4 Å². The Labute approximate surface area is 105 Å². The van der Waals surface area contributed by atoms with Gasteiger partial charge in [0.2, 0.25) is 0 Å². The van der Waals surface area contributed by atoms with Crippen LogP contribution in [0.2, 0.25) is 0 Å². The first-order chi connectivity index (χ1) is 8.75. The number of nitrogens with zero attached hydrogens (tertiary/aromatic N) is 1. The summed E-state index contributed by atoms with van der Waals surface area (Å²) in [6, 6.07) is 10.5. The van der Waals surface area contributed by atoms with Crippen molar-refractivity contribution in [1.29, 1.82) is 0 Å². The maximum absolute atomic E-state index is 11.6. The average molecular weight is 238 g/mol. The van der Waals surface area contributed by atoms with Gasteiger partial charge in [0.25, 0.3) is 5.91 Å². The number of amides is 1. The van der Waals surface area contributed by atoms with Crippen LogP contribution in [0.3, 0.4) is 0 Å². The van der Waals surface area contributed by atoms with E-state index in [1.54, 1.807) is 6.20 Å². The van der Waals surface area contributed by atoms with E-state index in [1.807, 2.05) is 24.3 Å². The van der Waals surface area contributed by atoms with Gasteiger partial charge in [0.05, 0.1) is 0 Å². The number of hydrogen-bond donors (Lipinski definition) is 2. The molecule has 2 aromatic rings. The van der Waals surface area contributed by atoms with Gasteiger partial charge in [-0.2, -0.15) is 0 Å². The Morgan fingerprint density at radius 2 is 2.22 bits per heavy atom. The van der Waals surface area contributed by atoms with E-state index >= 15 is 0 Å². The van der Waals surface area contributed by atoms with E-state index in [1.165, 1.54) is 0 Å². The third-order valence-corrected chi connectivity index (χ3v) is 3.12. The molecule has 4 heteroatoms. The monoisotopic (exact) mass is 238 g/mol. The van der Waals surface area contributed by atoms with Crippen molar-refractivity contribution < 1.29 is 4.79 Å². The first-order valence-electron chi connectivity index (χ1n) is 5.79. The summed E-state index contributed by atoms with van der Waals surface area (Å²) in [5.74, 6) is 0.475. The number of nitrogens with one attached hydrogen (secondary N) is 1. The summed E-state index contributed by atoms with van der Waals surface area (Å²) in [7, 11) is 0. The summed E-state index contributed by atoms with van der Waals surface area (Å²) in [5, 5.41) is 2.83. The highest BCUT2D eigenvalue weighted by molar-refractivity contribution is 5.97. The molecule has 2 heterocycles. The molecule has 0 saturated carbocycles. The van der Waals surface area contributed by atoms with Crippen LogP contribution >= 0.6 is 0 Å². The standard InChI is InChI=1S/C14H12N3O/c15-13-11(2-1-6-16-13)9-3-4-12-10(8-9)5-7-17-14(12)18/h2-4,6,8H,5,7H2,(H2,15,16)(H,17,18). The first kappa shape index (κ1) is 10.8. The lowest BCUT2D eigenvalue weighted by molar-refractivity contribution is 0.0946. The minimum Gasteiger partial charge on any atom is -0.383 e. The lowest BCUT2D eigenvalue weighted by Crippen LogP contribution is -2.31. The Kier molecular flexibility index (Phi) is 2.48. The predicted molar refractivity (Wildman–Crippen MR) is 69.0 cm³/mol. The first-order valence-corrected chi connectivity index (χ1v) is 5.79. The largest absolute Gasteiger partial charge is 0.383 e. The molecule has 1 aromatic heterocycles. The van der Waals surface area contributed by atoms with E-state index in [-0.39, 0.29) is 5.91 Å². The number of hydrogen-bond acceptors (Lipinski definition) is 3. The number of nitrogen functional groups attached to an aromatic ring is 1. The summed E-state index contributed by atoms with van der Waals surface area (Å²) in [6.07, 6.45) is 2.39. The number of pyridine rings is 1. The molecule has 1 amide bonds. The van der Waals surface area contributed by atoms with Crippen LogP contribution in [0.25, 0.3) is 11.1 Å². The lowest BCUT2D eigenvalue weighted by Gasteiger charge is -2.17. The van der Waals surface area contributed by atoms with Gasteiger partial charge in [-0.25, -0.2) is 4.98 Å². The normalized spacial score (nSPS) is 13.9. The van der Waals surface area contributed by atoms with Crippen LogP contribution in [0.1, 0.15) is 15.9 Å². The van der Waals surface area contributed by atoms with Crippen molar-refractivity contribution in [1.82, 2.24) is 10.3 Å². The van der Waals surface area contributed by atoms with E-state index in [0.717, 1.165) is 28.7 Å². The van der Waals surface area contributed by atoms with Gasteiger partial charge in [-0.3, -0.25) is 4.79 Å². The van der Waals surface area contributed by atoms with E-state index < -0.39 is 0 Å². The molecule has 0 bridgehead atoms. The molecule has 0 atom stereocenters. The van der Waals surface area contributed by atoms with Crippen molar-refractivity contribution in [2.24, 2.45) is 0 Å². The van der Waals surface area contributed by atoms with E-state index in [9.17, 15) is 4.79 Å². The van der Waals surface area contributed by atoms with Crippen molar-refractivity contribution in [3.8, 4) is 11.1 Å². The third-order valence-electron chi connectivity index (χ3n) is 3.12. The van der Waals surface area contributed by atoms with Crippen molar-refractivity contribution in [2.45, 2.75) is 6.42 Å². The number of fused-ring (bicyclic) bond motifs is 1. The molecule has 1 radical (unpaired) electrons. The third kappa shape index (κ3) is 1.72. The van der Waals surface area contributed by atoms with E-state index in [0.29, 0.717) is 12.4 Å².